The van der Waals surface area contributed by atoms with Gasteiger partial charge < -0.3 is 21.5 Å². The fourth-order valence-electron chi connectivity index (χ4n) is 3.97. The molecule has 0 heterocycles. The lowest BCUT2D eigenvalue weighted by molar-refractivity contribution is -0.104. The molecule has 0 aromatic carbocycles. The summed E-state index contributed by atoms with van der Waals surface area (Å²) in [5, 5.41) is 16.2. The minimum atomic E-state index is -0.591. The molecule has 0 radical (unpaired) electrons. The first-order valence-electron chi connectivity index (χ1n) is 13.5. The zero-order chi connectivity index (χ0) is 27.8. The lowest BCUT2D eigenvalue weighted by atomic mass is 9.91. The number of aldehydes is 1. The Bertz CT molecular complexity index is 1020. The number of hydrogen-bond donors (Lipinski definition) is 4. The summed E-state index contributed by atoms with van der Waals surface area (Å²) in [7, 11) is 1.85. The van der Waals surface area contributed by atoms with Crippen LogP contribution in [0.3, 0.4) is 0 Å². The highest BCUT2D eigenvalue weighted by Crippen LogP contribution is 2.33. The predicted octanol–water partition coefficient (Wildman–Crippen LogP) is 5.91. The third-order valence-corrected chi connectivity index (χ3v) is 6.30. The Hall–Kier alpha value is -3.12. The van der Waals surface area contributed by atoms with Crippen molar-refractivity contribution in [2.24, 2.45) is 10.7 Å². The van der Waals surface area contributed by atoms with Crippen LogP contribution in [0.25, 0.3) is 0 Å². The number of nitrogens with one attached hydrogen (secondary N) is 2. The second-order valence-corrected chi connectivity index (χ2v) is 9.38. The summed E-state index contributed by atoms with van der Waals surface area (Å²) < 4.78 is 0. The van der Waals surface area contributed by atoms with E-state index in [1.165, 1.54) is 11.1 Å². The lowest BCUT2D eigenvalue weighted by Crippen LogP contribution is -2.24. The Kier molecular flexibility index (Phi) is 14.3. The maximum Gasteiger partial charge on any atom is 0.152 e. The summed E-state index contributed by atoms with van der Waals surface area (Å²) in [4.78, 5) is 16.9. The molecule has 204 valence electrons. The van der Waals surface area contributed by atoms with Crippen LogP contribution in [-0.4, -0.2) is 36.4 Å². The fraction of sp³-hybridized carbons (Fsp3) is 0.484. The molecule has 1 aliphatic carbocycles. The van der Waals surface area contributed by atoms with E-state index in [0.29, 0.717) is 17.8 Å². The monoisotopic (exact) mass is 508 g/mol. The molecule has 1 fully saturated rings. The largest absolute Gasteiger partial charge is 0.388 e. The summed E-state index contributed by atoms with van der Waals surface area (Å²) in [6, 6.07) is 0. The van der Waals surface area contributed by atoms with Crippen LogP contribution in [-0.2, 0) is 4.79 Å². The molecule has 37 heavy (non-hydrogen) atoms. The third-order valence-electron chi connectivity index (χ3n) is 6.30. The number of unbranched alkanes of at least 4 members (excludes halogenated alkanes) is 1. The van der Waals surface area contributed by atoms with Crippen LogP contribution in [0.2, 0.25) is 0 Å². The molecule has 0 aromatic heterocycles. The summed E-state index contributed by atoms with van der Waals surface area (Å²) in [5.74, 6) is 0.272. The predicted molar refractivity (Wildman–Crippen MR) is 158 cm³/mol. The number of aliphatic hydroxyl groups is 1. The molecule has 0 saturated heterocycles. The average molecular weight is 509 g/mol. The van der Waals surface area contributed by atoms with Gasteiger partial charge >= 0.3 is 0 Å². The van der Waals surface area contributed by atoms with E-state index in [2.05, 4.69) is 67.6 Å². The lowest BCUT2D eigenvalue weighted by Gasteiger charge is -2.17. The number of nitrogens with zero attached hydrogens (tertiary/aromatic N) is 1. The van der Waals surface area contributed by atoms with Crippen molar-refractivity contribution in [1.29, 1.82) is 0 Å². The summed E-state index contributed by atoms with van der Waals surface area (Å²) in [6.07, 6.45) is 20.4. The van der Waals surface area contributed by atoms with Crippen LogP contribution in [0, 0.1) is 0 Å². The molecular formula is C31H48N4O2. The highest BCUT2D eigenvalue weighted by molar-refractivity contribution is 5.93. The second-order valence-electron chi connectivity index (χ2n) is 9.38. The molecule has 0 spiro atoms. The molecule has 1 aliphatic rings. The molecule has 0 amide bonds. The second kappa shape index (κ2) is 16.6. The summed E-state index contributed by atoms with van der Waals surface area (Å²) in [5.41, 5.74) is 11.7. The first-order valence-corrected chi connectivity index (χ1v) is 13.5. The van der Waals surface area contributed by atoms with Gasteiger partial charge in [-0.1, -0.05) is 51.5 Å². The molecule has 6 nitrogen and oxygen atoms in total. The first-order chi connectivity index (χ1) is 17.7. The standard InChI is InChI=1S/C31H48N4O2/c1-8-12-13-15-23(5)26(10-3)25(14-9-2)20-27(29(11-4)33-7)28(21-36)24(6)35-30(32)16-19-34-22-31(37)17-18-31/h11,13-16,19-21,33-34,37H,8-10,12,17-18,22H2,1-7H3,(H2,32,35)/b15-13-,19-16-,25-14-,26-23+,27-20-,28-24+,29-11+. The molecule has 6 heteroatoms. The summed E-state index contributed by atoms with van der Waals surface area (Å²) >= 11 is 0. The number of rotatable bonds is 16. The van der Waals surface area contributed by atoms with Gasteiger partial charge in [0, 0.05) is 36.6 Å². The Balaban J connectivity index is 3.53. The minimum Gasteiger partial charge on any atom is -0.388 e. The molecule has 1 saturated carbocycles. The number of carbonyl (C=O) groups is 1. The SMILES string of the molecule is C\C=C(NC)/C(=C\C(=C\CC)C(\CC)=C(C)\C=C/CCC)C(/C=O)=C(C)/N=C(N)\C=C/NCC1(O)CC1. The maximum absolute atomic E-state index is 12.4. The van der Waals surface area contributed by atoms with E-state index < -0.39 is 5.60 Å². The van der Waals surface area contributed by atoms with Gasteiger partial charge in [-0.15, -0.1) is 0 Å². The molecule has 0 aliphatic heterocycles. The molecule has 0 aromatic rings. The summed E-state index contributed by atoms with van der Waals surface area (Å²) in [6.45, 7) is 12.8. The molecule has 0 atom stereocenters. The minimum absolute atomic E-state index is 0.272. The maximum atomic E-state index is 12.4. The molecule has 1 rings (SSSR count). The van der Waals surface area contributed by atoms with Gasteiger partial charge in [0.25, 0.3) is 0 Å². The van der Waals surface area contributed by atoms with Gasteiger partial charge in [-0.3, -0.25) is 4.79 Å². The van der Waals surface area contributed by atoms with E-state index in [1.807, 2.05) is 20.0 Å². The number of nitrogens with two attached hydrogens (primary N) is 1. The van der Waals surface area contributed by atoms with E-state index >= 15 is 0 Å². The topological polar surface area (TPSA) is 99.7 Å². The Morgan fingerprint density at radius 1 is 1.16 bits per heavy atom. The average Bonchev–Trinajstić information content (AvgIpc) is 3.60. The highest BCUT2D eigenvalue weighted by atomic mass is 16.3. The zero-order valence-electron chi connectivity index (χ0n) is 23.9. The fourth-order valence-corrected chi connectivity index (χ4v) is 3.97. The van der Waals surface area contributed by atoms with Crippen molar-refractivity contribution in [3.8, 4) is 0 Å². The Labute approximate surface area is 224 Å². The van der Waals surface area contributed by atoms with Gasteiger partial charge in [0.1, 0.15) is 5.84 Å². The number of aliphatic imine (C=N–C) groups is 1. The number of carbonyl (C=O) groups excluding carboxylic acids is 1. The normalized spacial score (nSPS) is 18.2. The van der Waals surface area contributed by atoms with E-state index in [-0.39, 0.29) is 5.84 Å². The number of hydrogen-bond acceptors (Lipinski definition) is 5. The number of allylic oxidation sites excluding steroid dienone is 10. The van der Waals surface area contributed by atoms with Gasteiger partial charge in [0.15, 0.2) is 6.29 Å². The highest BCUT2D eigenvalue weighted by Gasteiger charge is 2.39. The van der Waals surface area contributed by atoms with Gasteiger partial charge in [-0.2, -0.15) is 0 Å². The van der Waals surface area contributed by atoms with Crippen molar-refractivity contribution in [1.82, 2.24) is 10.6 Å². The van der Waals surface area contributed by atoms with E-state index in [4.69, 9.17) is 5.73 Å². The van der Waals surface area contributed by atoms with E-state index in [0.717, 1.165) is 61.7 Å². The smallest absolute Gasteiger partial charge is 0.152 e. The van der Waals surface area contributed by atoms with Crippen LogP contribution in [0.5, 0.6) is 0 Å². The van der Waals surface area contributed by atoms with Crippen molar-refractivity contribution in [2.45, 2.75) is 85.7 Å². The van der Waals surface area contributed by atoms with Crippen molar-refractivity contribution in [3.05, 3.63) is 81.9 Å². The van der Waals surface area contributed by atoms with Crippen LogP contribution >= 0.6 is 0 Å². The van der Waals surface area contributed by atoms with E-state index in [1.54, 1.807) is 19.2 Å². The molecule has 5 N–H and O–H groups in total. The van der Waals surface area contributed by atoms with E-state index in [9.17, 15) is 9.90 Å². The van der Waals surface area contributed by atoms with Crippen molar-refractivity contribution in [2.75, 3.05) is 13.6 Å². The van der Waals surface area contributed by atoms with Crippen LogP contribution in [0.4, 0.5) is 0 Å². The Morgan fingerprint density at radius 3 is 2.38 bits per heavy atom. The van der Waals surface area contributed by atoms with Crippen molar-refractivity contribution < 1.29 is 9.90 Å². The van der Waals surface area contributed by atoms with Gasteiger partial charge in [0.2, 0.25) is 0 Å². The van der Waals surface area contributed by atoms with Gasteiger partial charge in [-0.25, -0.2) is 4.99 Å². The molecule has 0 unspecified atom stereocenters. The number of amidine groups is 1. The molecule has 0 bridgehead atoms. The van der Waals surface area contributed by atoms with Crippen molar-refractivity contribution in [3.63, 3.8) is 0 Å². The van der Waals surface area contributed by atoms with Crippen LogP contribution in [0.15, 0.2) is 86.9 Å². The zero-order valence-corrected chi connectivity index (χ0v) is 23.9. The first kappa shape index (κ1) is 31.9. The van der Waals surface area contributed by atoms with Gasteiger partial charge in [-0.05, 0) is 81.7 Å². The van der Waals surface area contributed by atoms with Gasteiger partial charge in [0.05, 0.1) is 11.3 Å². The van der Waals surface area contributed by atoms with Crippen LogP contribution < -0.4 is 16.4 Å². The Morgan fingerprint density at radius 2 is 1.86 bits per heavy atom. The van der Waals surface area contributed by atoms with Crippen molar-refractivity contribution >= 4 is 12.1 Å². The molecular weight excluding hydrogens is 460 g/mol. The number of likely N-dealkylation sites (N-methyl/N-ethyl adjacent to an activating group) is 1. The quantitative estimate of drug-likeness (QED) is 0.0682. The third kappa shape index (κ3) is 10.8. The van der Waals surface area contributed by atoms with Crippen LogP contribution in [0.1, 0.15) is 80.1 Å².